The Bertz CT molecular complexity index is 923. The number of para-hydroxylation sites is 1. The van der Waals surface area contributed by atoms with Crippen molar-refractivity contribution in [3.05, 3.63) is 52.3 Å². The molecule has 0 aliphatic heterocycles. The molecule has 0 N–H and O–H groups in total. The zero-order chi connectivity index (χ0) is 16.8. The molecule has 0 amide bonds. The van der Waals surface area contributed by atoms with Crippen LogP contribution in [-0.2, 0) is 0 Å². The van der Waals surface area contributed by atoms with Crippen LogP contribution < -0.4 is 0 Å². The summed E-state index contributed by atoms with van der Waals surface area (Å²) in [5.41, 5.74) is 4.48. The zero-order valence-corrected chi connectivity index (χ0v) is 14.7. The number of fused-ring (bicyclic) bond motifs is 1. The van der Waals surface area contributed by atoms with Crippen molar-refractivity contribution in [2.45, 2.75) is 45.6 Å². The zero-order valence-electron chi connectivity index (χ0n) is 13.9. The Kier molecular flexibility index (Phi) is 3.84. The number of halogens is 2. The van der Waals surface area contributed by atoms with Crippen LogP contribution in [0, 0.1) is 19.7 Å². The molecular formula is C20H20ClFN2. The van der Waals surface area contributed by atoms with Crippen molar-refractivity contribution in [2.24, 2.45) is 0 Å². The monoisotopic (exact) mass is 342 g/mol. The normalized spacial score (nSPS) is 15.5. The second-order valence-corrected chi connectivity index (χ2v) is 7.11. The number of benzene rings is 2. The first-order valence-electron chi connectivity index (χ1n) is 8.50. The van der Waals surface area contributed by atoms with E-state index in [0.717, 1.165) is 45.6 Å². The quantitative estimate of drug-likeness (QED) is 0.540. The Morgan fingerprint density at radius 3 is 2.62 bits per heavy atom. The van der Waals surface area contributed by atoms with Crippen LogP contribution >= 0.6 is 11.6 Å². The average Bonchev–Trinajstić information content (AvgIpc) is 3.21. The van der Waals surface area contributed by atoms with Crippen molar-refractivity contribution in [3.63, 3.8) is 0 Å². The smallest absolute Gasteiger partial charge is 0.149 e. The summed E-state index contributed by atoms with van der Waals surface area (Å²) >= 11 is 6.44. The molecule has 3 aromatic rings. The number of nitrogens with zero attached hydrogens (tertiary/aromatic N) is 2. The molecule has 0 spiro atoms. The molecular weight excluding hydrogens is 323 g/mol. The summed E-state index contributed by atoms with van der Waals surface area (Å²) in [5.74, 6) is -0.200. The van der Waals surface area contributed by atoms with Crippen LogP contribution in [0.15, 0.2) is 30.3 Å². The highest BCUT2D eigenvalue weighted by Gasteiger charge is 2.24. The first-order chi connectivity index (χ1) is 11.6. The molecule has 0 radical (unpaired) electrons. The van der Waals surface area contributed by atoms with E-state index in [1.165, 1.54) is 18.9 Å². The third-order valence-corrected chi connectivity index (χ3v) is 5.77. The second kappa shape index (κ2) is 5.89. The topological polar surface area (TPSA) is 17.8 Å². The lowest BCUT2D eigenvalue weighted by Gasteiger charge is -2.11. The molecule has 1 heterocycles. The molecule has 0 bridgehead atoms. The Morgan fingerprint density at radius 2 is 1.88 bits per heavy atom. The Labute approximate surface area is 146 Å². The fraction of sp³-hybridized carbons (Fsp3) is 0.350. The van der Waals surface area contributed by atoms with Gasteiger partial charge in [0.05, 0.1) is 6.04 Å². The molecule has 4 rings (SSSR count). The van der Waals surface area contributed by atoms with Gasteiger partial charge in [-0.3, -0.25) is 4.68 Å². The fourth-order valence-corrected chi connectivity index (χ4v) is 4.00. The van der Waals surface area contributed by atoms with Gasteiger partial charge >= 0.3 is 0 Å². The molecule has 4 heteroatoms. The van der Waals surface area contributed by atoms with Crippen LogP contribution in [0.5, 0.6) is 0 Å². The van der Waals surface area contributed by atoms with Crippen molar-refractivity contribution in [1.29, 1.82) is 0 Å². The first kappa shape index (κ1) is 15.6. The lowest BCUT2D eigenvalue weighted by Crippen LogP contribution is -2.07. The van der Waals surface area contributed by atoms with Gasteiger partial charge in [-0.05, 0) is 43.9 Å². The van der Waals surface area contributed by atoms with E-state index >= 15 is 0 Å². The van der Waals surface area contributed by atoms with E-state index in [4.69, 9.17) is 16.7 Å². The third-order valence-electron chi connectivity index (χ3n) is 5.18. The molecule has 24 heavy (non-hydrogen) atoms. The van der Waals surface area contributed by atoms with Gasteiger partial charge in [0.1, 0.15) is 17.0 Å². The number of aromatic nitrogens is 2. The summed E-state index contributed by atoms with van der Waals surface area (Å²) in [6.45, 7) is 4.00. The Balaban J connectivity index is 2.00. The molecule has 1 aromatic heterocycles. The Morgan fingerprint density at radius 1 is 1.12 bits per heavy atom. The predicted octanol–water partition coefficient (Wildman–Crippen LogP) is 6.23. The van der Waals surface area contributed by atoms with Crippen molar-refractivity contribution < 1.29 is 4.39 Å². The van der Waals surface area contributed by atoms with Gasteiger partial charge in [0.15, 0.2) is 0 Å². The molecule has 0 atom stereocenters. The van der Waals surface area contributed by atoms with E-state index in [1.807, 2.05) is 36.7 Å². The van der Waals surface area contributed by atoms with Crippen molar-refractivity contribution in [1.82, 2.24) is 9.78 Å². The third kappa shape index (κ3) is 2.34. The molecule has 1 aliphatic rings. The largest absolute Gasteiger partial charge is 0.258 e. The van der Waals surface area contributed by atoms with Crippen molar-refractivity contribution >= 4 is 22.5 Å². The van der Waals surface area contributed by atoms with Crippen LogP contribution in [-0.4, -0.2) is 9.78 Å². The highest BCUT2D eigenvalue weighted by molar-refractivity contribution is 6.32. The maximum atomic E-state index is 14.6. The van der Waals surface area contributed by atoms with E-state index in [-0.39, 0.29) is 5.82 Å². The average molecular weight is 343 g/mol. The molecule has 124 valence electrons. The summed E-state index contributed by atoms with van der Waals surface area (Å²) in [4.78, 5) is 0. The van der Waals surface area contributed by atoms with Gasteiger partial charge in [0, 0.05) is 16.0 Å². The number of hydrogen-bond donors (Lipinski definition) is 0. The van der Waals surface area contributed by atoms with Gasteiger partial charge in [-0.2, -0.15) is 5.10 Å². The summed E-state index contributed by atoms with van der Waals surface area (Å²) in [6, 6.07) is 9.58. The van der Waals surface area contributed by atoms with Crippen molar-refractivity contribution in [2.75, 3.05) is 0 Å². The minimum Gasteiger partial charge on any atom is -0.258 e. The van der Waals surface area contributed by atoms with Crippen LogP contribution in [0.2, 0.25) is 5.02 Å². The van der Waals surface area contributed by atoms with E-state index in [1.54, 1.807) is 6.07 Å². The predicted molar refractivity (Wildman–Crippen MR) is 97.1 cm³/mol. The van der Waals surface area contributed by atoms with Crippen LogP contribution in [0.4, 0.5) is 4.39 Å². The van der Waals surface area contributed by atoms with E-state index in [0.29, 0.717) is 11.6 Å². The SMILES string of the molecule is Cc1ccc(-c2nn(C3CCCC3)c3c(F)cccc23)c(C)c1Cl. The fourth-order valence-electron chi connectivity index (χ4n) is 3.84. The van der Waals surface area contributed by atoms with E-state index in [2.05, 4.69) is 0 Å². The summed E-state index contributed by atoms with van der Waals surface area (Å²) in [6.07, 6.45) is 4.51. The summed E-state index contributed by atoms with van der Waals surface area (Å²) in [7, 11) is 0. The molecule has 0 saturated heterocycles. The minimum absolute atomic E-state index is 0.200. The lowest BCUT2D eigenvalue weighted by molar-refractivity contribution is 0.475. The van der Waals surface area contributed by atoms with Crippen LogP contribution in [0.3, 0.4) is 0 Å². The molecule has 2 aromatic carbocycles. The molecule has 1 saturated carbocycles. The maximum absolute atomic E-state index is 14.6. The van der Waals surface area contributed by atoms with Gasteiger partial charge in [-0.25, -0.2) is 4.39 Å². The van der Waals surface area contributed by atoms with Gasteiger partial charge in [0.25, 0.3) is 0 Å². The van der Waals surface area contributed by atoms with Gasteiger partial charge in [-0.15, -0.1) is 0 Å². The summed E-state index contributed by atoms with van der Waals surface area (Å²) < 4.78 is 16.5. The van der Waals surface area contributed by atoms with E-state index < -0.39 is 0 Å². The van der Waals surface area contributed by atoms with Gasteiger partial charge < -0.3 is 0 Å². The number of hydrogen-bond acceptors (Lipinski definition) is 1. The van der Waals surface area contributed by atoms with Crippen LogP contribution in [0.1, 0.15) is 42.9 Å². The number of rotatable bonds is 2. The Hall–Kier alpha value is -1.87. The van der Waals surface area contributed by atoms with Gasteiger partial charge in [-0.1, -0.05) is 48.7 Å². The highest BCUT2D eigenvalue weighted by atomic mass is 35.5. The first-order valence-corrected chi connectivity index (χ1v) is 8.88. The van der Waals surface area contributed by atoms with Gasteiger partial charge in [0.2, 0.25) is 0 Å². The molecule has 1 aliphatic carbocycles. The minimum atomic E-state index is -0.200. The van der Waals surface area contributed by atoms with Crippen LogP contribution in [0.25, 0.3) is 22.2 Å². The lowest BCUT2D eigenvalue weighted by atomic mass is 10.0. The maximum Gasteiger partial charge on any atom is 0.149 e. The number of aryl methyl sites for hydroxylation is 1. The molecule has 0 unspecified atom stereocenters. The second-order valence-electron chi connectivity index (χ2n) is 6.74. The standard InChI is InChI=1S/C20H20ClFN2/c1-12-10-11-15(13(2)18(12)21)19-16-8-5-9-17(22)20(16)24(23-19)14-6-3-4-7-14/h5,8-11,14H,3-4,6-7H2,1-2H3. The highest BCUT2D eigenvalue weighted by Crippen LogP contribution is 2.38. The van der Waals surface area contributed by atoms with Crippen molar-refractivity contribution in [3.8, 4) is 11.3 Å². The van der Waals surface area contributed by atoms with E-state index in [9.17, 15) is 4.39 Å². The molecule has 2 nitrogen and oxygen atoms in total. The molecule has 1 fully saturated rings. The summed E-state index contributed by atoms with van der Waals surface area (Å²) in [5, 5.41) is 6.47.